The molecule has 5 nitrogen and oxygen atoms in total. The summed E-state index contributed by atoms with van der Waals surface area (Å²) < 4.78 is 0. The zero-order chi connectivity index (χ0) is 14.3. The summed E-state index contributed by atoms with van der Waals surface area (Å²) in [5, 5.41) is 0.481. The highest BCUT2D eigenvalue weighted by atomic mass is 32.1. The van der Waals surface area contributed by atoms with Gasteiger partial charge in [-0.25, -0.2) is 4.98 Å². The van der Waals surface area contributed by atoms with Crippen LogP contribution in [0.2, 0.25) is 0 Å². The number of hydrogen-bond donors (Lipinski definition) is 1. The lowest BCUT2D eigenvalue weighted by atomic mass is 9.97. The topological polar surface area (TPSA) is 62.5 Å². The van der Waals surface area contributed by atoms with Gasteiger partial charge in [-0.2, -0.15) is 0 Å². The normalized spacial score (nSPS) is 27.4. The number of fused-ring (bicyclic) bond motifs is 1. The first-order chi connectivity index (χ1) is 9.56. The van der Waals surface area contributed by atoms with Crippen molar-refractivity contribution in [3.05, 3.63) is 10.6 Å². The SMILES string of the molecule is Cc1nc(N)sc1C(=O)N1CC2CCCCN2CC1C. The summed E-state index contributed by atoms with van der Waals surface area (Å²) in [5.41, 5.74) is 6.48. The van der Waals surface area contributed by atoms with E-state index in [4.69, 9.17) is 5.73 Å². The maximum absolute atomic E-state index is 12.7. The number of nitrogen functional groups attached to an aromatic ring is 1. The largest absolute Gasteiger partial charge is 0.375 e. The zero-order valence-corrected chi connectivity index (χ0v) is 12.9. The van der Waals surface area contributed by atoms with Crippen LogP contribution in [0.25, 0.3) is 0 Å². The molecule has 1 aromatic heterocycles. The van der Waals surface area contributed by atoms with Gasteiger partial charge in [-0.05, 0) is 33.2 Å². The maximum atomic E-state index is 12.7. The summed E-state index contributed by atoms with van der Waals surface area (Å²) >= 11 is 1.31. The van der Waals surface area contributed by atoms with Crippen LogP contribution >= 0.6 is 11.3 Å². The molecule has 2 N–H and O–H groups in total. The number of aryl methyl sites for hydroxylation is 1. The number of carbonyl (C=O) groups excluding carboxylic acids is 1. The number of rotatable bonds is 1. The van der Waals surface area contributed by atoms with Gasteiger partial charge in [0.15, 0.2) is 5.13 Å². The van der Waals surface area contributed by atoms with Crippen molar-refractivity contribution in [2.45, 2.75) is 45.2 Å². The predicted octanol–water partition coefficient (Wildman–Crippen LogP) is 1.73. The number of anilines is 1. The van der Waals surface area contributed by atoms with Crippen LogP contribution in [0, 0.1) is 6.92 Å². The Morgan fingerprint density at radius 2 is 2.20 bits per heavy atom. The summed E-state index contributed by atoms with van der Waals surface area (Å²) in [6, 6.07) is 0.800. The number of hydrogen-bond acceptors (Lipinski definition) is 5. The Bertz CT molecular complexity index is 515. The Hall–Kier alpha value is -1.14. The number of piperidine rings is 1. The fourth-order valence-corrected chi connectivity index (χ4v) is 4.17. The summed E-state index contributed by atoms with van der Waals surface area (Å²) in [5.74, 6) is 0.106. The Morgan fingerprint density at radius 3 is 2.90 bits per heavy atom. The van der Waals surface area contributed by atoms with Crippen molar-refractivity contribution >= 4 is 22.4 Å². The van der Waals surface area contributed by atoms with Crippen LogP contribution in [-0.4, -0.2) is 52.4 Å². The van der Waals surface area contributed by atoms with Crippen LogP contribution in [0.1, 0.15) is 41.6 Å². The highest BCUT2D eigenvalue weighted by Gasteiger charge is 2.36. The van der Waals surface area contributed by atoms with Gasteiger partial charge >= 0.3 is 0 Å². The molecule has 6 heteroatoms. The molecule has 2 fully saturated rings. The van der Waals surface area contributed by atoms with Gasteiger partial charge in [0.05, 0.1) is 5.69 Å². The van der Waals surface area contributed by atoms with E-state index < -0.39 is 0 Å². The van der Waals surface area contributed by atoms with E-state index in [1.807, 2.05) is 11.8 Å². The lowest BCUT2D eigenvalue weighted by Crippen LogP contribution is -2.60. The van der Waals surface area contributed by atoms with Crippen LogP contribution in [0.3, 0.4) is 0 Å². The van der Waals surface area contributed by atoms with Crippen LogP contribution in [-0.2, 0) is 0 Å². The Morgan fingerprint density at radius 1 is 1.40 bits per heavy atom. The molecule has 2 atom stereocenters. The molecule has 2 aliphatic rings. The van der Waals surface area contributed by atoms with E-state index in [-0.39, 0.29) is 11.9 Å². The molecule has 0 aliphatic carbocycles. The van der Waals surface area contributed by atoms with E-state index in [0.29, 0.717) is 16.1 Å². The monoisotopic (exact) mass is 294 g/mol. The molecule has 0 bridgehead atoms. The molecule has 2 unspecified atom stereocenters. The summed E-state index contributed by atoms with van der Waals surface area (Å²) in [7, 11) is 0. The van der Waals surface area contributed by atoms with E-state index in [9.17, 15) is 4.79 Å². The minimum Gasteiger partial charge on any atom is -0.375 e. The number of thiazole rings is 1. The number of aromatic nitrogens is 1. The average molecular weight is 294 g/mol. The van der Waals surface area contributed by atoms with Gasteiger partial charge in [0.2, 0.25) is 0 Å². The molecule has 20 heavy (non-hydrogen) atoms. The average Bonchev–Trinajstić information content (AvgIpc) is 2.76. The molecule has 1 amide bonds. The third-order valence-corrected chi connectivity index (χ3v) is 5.43. The molecule has 0 saturated carbocycles. The lowest BCUT2D eigenvalue weighted by Gasteiger charge is -2.47. The summed E-state index contributed by atoms with van der Waals surface area (Å²) in [6.45, 7) is 7.02. The molecule has 3 heterocycles. The number of nitrogens with two attached hydrogens (primary N) is 1. The molecule has 2 saturated heterocycles. The first-order valence-corrected chi connectivity index (χ1v) is 8.16. The predicted molar refractivity (Wildman–Crippen MR) is 81.0 cm³/mol. The number of amides is 1. The molecule has 1 aromatic rings. The van der Waals surface area contributed by atoms with Crippen molar-refractivity contribution in [1.29, 1.82) is 0 Å². The van der Waals surface area contributed by atoms with Gasteiger partial charge < -0.3 is 10.6 Å². The molecule has 0 aromatic carbocycles. The van der Waals surface area contributed by atoms with Crippen LogP contribution in [0.15, 0.2) is 0 Å². The van der Waals surface area contributed by atoms with Crippen molar-refractivity contribution in [2.24, 2.45) is 0 Å². The van der Waals surface area contributed by atoms with Crippen molar-refractivity contribution < 1.29 is 4.79 Å². The van der Waals surface area contributed by atoms with Gasteiger partial charge in [0, 0.05) is 25.2 Å². The smallest absolute Gasteiger partial charge is 0.266 e. The molecule has 3 rings (SSSR count). The second-order valence-electron chi connectivity index (χ2n) is 5.92. The Balaban J connectivity index is 1.79. The van der Waals surface area contributed by atoms with E-state index in [0.717, 1.165) is 18.8 Å². The van der Waals surface area contributed by atoms with E-state index in [1.165, 1.54) is 37.1 Å². The zero-order valence-electron chi connectivity index (χ0n) is 12.1. The molecule has 0 radical (unpaired) electrons. The molecular weight excluding hydrogens is 272 g/mol. The maximum Gasteiger partial charge on any atom is 0.266 e. The fourth-order valence-electron chi connectivity index (χ4n) is 3.38. The lowest BCUT2D eigenvalue weighted by molar-refractivity contribution is 0.0154. The van der Waals surface area contributed by atoms with Gasteiger partial charge in [-0.1, -0.05) is 17.8 Å². The van der Waals surface area contributed by atoms with E-state index in [2.05, 4.69) is 16.8 Å². The third kappa shape index (κ3) is 2.42. The van der Waals surface area contributed by atoms with Gasteiger partial charge in [0.1, 0.15) is 4.88 Å². The van der Waals surface area contributed by atoms with Crippen LogP contribution in [0.5, 0.6) is 0 Å². The van der Waals surface area contributed by atoms with E-state index in [1.54, 1.807) is 0 Å². The molecular formula is C14H22N4OS. The molecule has 110 valence electrons. The highest BCUT2D eigenvalue weighted by molar-refractivity contribution is 7.17. The second-order valence-corrected chi connectivity index (χ2v) is 6.95. The highest BCUT2D eigenvalue weighted by Crippen LogP contribution is 2.28. The van der Waals surface area contributed by atoms with Crippen molar-refractivity contribution in [3.8, 4) is 0 Å². The van der Waals surface area contributed by atoms with E-state index >= 15 is 0 Å². The molecule has 0 spiro atoms. The first kappa shape index (κ1) is 13.8. The second kappa shape index (κ2) is 5.33. The Labute approximate surface area is 123 Å². The van der Waals surface area contributed by atoms with Gasteiger partial charge in [0.25, 0.3) is 5.91 Å². The minimum atomic E-state index is 0.106. The Kier molecular flexibility index (Phi) is 3.69. The standard InChI is InChI=1S/C14H22N4OS/c1-9-7-17-6-4-3-5-11(17)8-18(9)13(19)12-10(2)16-14(15)20-12/h9,11H,3-8H2,1-2H3,(H2,15,16). The van der Waals surface area contributed by atoms with Crippen molar-refractivity contribution in [3.63, 3.8) is 0 Å². The summed E-state index contributed by atoms with van der Waals surface area (Å²) in [6.07, 6.45) is 3.78. The summed E-state index contributed by atoms with van der Waals surface area (Å²) in [4.78, 5) is 22.2. The minimum absolute atomic E-state index is 0.106. The van der Waals surface area contributed by atoms with Gasteiger partial charge in [-0.15, -0.1) is 0 Å². The fraction of sp³-hybridized carbons (Fsp3) is 0.714. The molecule has 2 aliphatic heterocycles. The first-order valence-electron chi connectivity index (χ1n) is 7.34. The number of nitrogens with zero attached hydrogens (tertiary/aromatic N) is 3. The number of carbonyl (C=O) groups is 1. The van der Waals surface area contributed by atoms with Crippen molar-refractivity contribution in [2.75, 3.05) is 25.4 Å². The third-order valence-electron chi connectivity index (χ3n) is 4.46. The quantitative estimate of drug-likeness (QED) is 0.857. The van der Waals surface area contributed by atoms with Crippen molar-refractivity contribution in [1.82, 2.24) is 14.8 Å². The van der Waals surface area contributed by atoms with Crippen LogP contribution in [0.4, 0.5) is 5.13 Å². The number of piperazine rings is 1. The van der Waals surface area contributed by atoms with Gasteiger partial charge in [-0.3, -0.25) is 9.69 Å². The van der Waals surface area contributed by atoms with Crippen LogP contribution < -0.4 is 5.73 Å².